The van der Waals surface area contributed by atoms with Gasteiger partial charge in [-0.2, -0.15) is 0 Å². The van der Waals surface area contributed by atoms with Gasteiger partial charge < -0.3 is 9.47 Å². The Morgan fingerprint density at radius 1 is 1.17 bits per heavy atom. The number of benzene rings is 1. The van der Waals surface area contributed by atoms with E-state index in [9.17, 15) is 8.42 Å². The van der Waals surface area contributed by atoms with Gasteiger partial charge in [-0.15, -0.1) is 0 Å². The predicted molar refractivity (Wildman–Crippen MR) is 94.4 cm³/mol. The van der Waals surface area contributed by atoms with E-state index in [1.54, 1.807) is 13.0 Å². The maximum atomic E-state index is 12.7. The lowest BCUT2D eigenvalue weighted by Crippen LogP contribution is -2.42. The predicted octanol–water partition coefficient (Wildman–Crippen LogP) is 2.16. The van der Waals surface area contributed by atoms with Crippen LogP contribution >= 0.6 is 0 Å². The number of ether oxygens (including phenoxy) is 2. The van der Waals surface area contributed by atoms with Gasteiger partial charge in [0.05, 0.1) is 19.1 Å². The minimum Gasteiger partial charge on any atom is -0.493 e. The number of hydrogen-bond donors (Lipinski definition) is 1. The molecule has 1 aliphatic rings. The van der Waals surface area contributed by atoms with Gasteiger partial charge in [-0.05, 0) is 50.9 Å². The highest BCUT2D eigenvalue weighted by Gasteiger charge is 2.24. The zero-order valence-electron chi connectivity index (χ0n) is 15.0. The molecule has 0 spiro atoms. The standard InChI is InChI=1S/C17H28N2O4S/c1-5-14(19-8-6-7-9-19)12-18-24(20,21)17-11-16(23-4)15(22-3)10-13(17)2/h10-11,14,18H,5-9,12H2,1-4H3. The molecule has 0 saturated carbocycles. The number of nitrogens with zero attached hydrogens (tertiary/aromatic N) is 1. The molecule has 1 atom stereocenters. The summed E-state index contributed by atoms with van der Waals surface area (Å²) in [5.74, 6) is 0.938. The number of hydrogen-bond acceptors (Lipinski definition) is 5. The Balaban J connectivity index is 2.17. The summed E-state index contributed by atoms with van der Waals surface area (Å²) < 4.78 is 38.7. The van der Waals surface area contributed by atoms with Crippen molar-refractivity contribution in [1.82, 2.24) is 9.62 Å². The second-order valence-corrected chi connectivity index (χ2v) is 7.87. The van der Waals surface area contributed by atoms with Gasteiger partial charge in [0, 0.05) is 18.7 Å². The van der Waals surface area contributed by atoms with Gasteiger partial charge in [-0.1, -0.05) is 6.92 Å². The van der Waals surface area contributed by atoms with Crippen LogP contribution in [0.1, 0.15) is 31.7 Å². The largest absolute Gasteiger partial charge is 0.493 e. The fourth-order valence-electron chi connectivity index (χ4n) is 3.17. The zero-order valence-corrected chi connectivity index (χ0v) is 15.8. The molecule has 1 aliphatic heterocycles. The van der Waals surface area contributed by atoms with E-state index >= 15 is 0 Å². The van der Waals surface area contributed by atoms with E-state index < -0.39 is 10.0 Å². The molecule has 1 heterocycles. The molecule has 1 aromatic rings. The Morgan fingerprint density at radius 3 is 2.29 bits per heavy atom. The van der Waals surface area contributed by atoms with Crippen LogP contribution in [0.2, 0.25) is 0 Å². The van der Waals surface area contributed by atoms with Crippen LogP contribution < -0.4 is 14.2 Å². The second-order valence-electron chi connectivity index (χ2n) is 6.13. The van der Waals surface area contributed by atoms with Crippen molar-refractivity contribution >= 4 is 10.0 Å². The normalized spacial score (nSPS) is 17.0. The molecule has 136 valence electrons. The Morgan fingerprint density at radius 2 is 1.75 bits per heavy atom. The molecule has 1 unspecified atom stereocenters. The molecule has 0 radical (unpaired) electrons. The molecule has 1 aromatic carbocycles. The highest BCUT2D eigenvalue weighted by Crippen LogP contribution is 2.32. The maximum absolute atomic E-state index is 12.7. The third-order valence-electron chi connectivity index (χ3n) is 4.61. The molecule has 7 heteroatoms. The average molecular weight is 356 g/mol. The lowest BCUT2D eigenvalue weighted by Gasteiger charge is -2.26. The molecule has 0 amide bonds. The summed E-state index contributed by atoms with van der Waals surface area (Å²) in [4.78, 5) is 2.60. The van der Waals surface area contributed by atoms with Crippen LogP contribution in [0.3, 0.4) is 0 Å². The van der Waals surface area contributed by atoms with Crippen LogP contribution in [-0.2, 0) is 10.0 Å². The molecule has 1 fully saturated rings. The van der Waals surface area contributed by atoms with E-state index in [-0.39, 0.29) is 10.9 Å². The molecule has 1 saturated heterocycles. The van der Waals surface area contributed by atoms with Gasteiger partial charge in [-0.25, -0.2) is 13.1 Å². The van der Waals surface area contributed by atoms with Crippen molar-refractivity contribution in [1.29, 1.82) is 0 Å². The van der Waals surface area contributed by atoms with Crippen LogP contribution in [-0.4, -0.2) is 53.2 Å². The number of likely N-dealkylation sites (tertiary alicyclic amines) is 1. The van der Waals surface area contributed by atoms with Crippen LogP contribution in [0.25, 0.3) is 0 Å². The summed E-state index contributed by atoms with van der Waals surface area (Å²) in [5, 5.41) is 0. The quantitative estimate of drug-likeness (QED) is 0.773. The van der Waals surface area contributed by atoms with Crippen molar-refractivity contribution in [2.24, 2.45) is 0 Å². The van der Waals surface area contributed by atoms with E-state index in [0.717, 1.165) is 19.5 Å². The summed E-state index contributed by atoms with van der Waals surface area (Å²) in [6.45, 7) is 6.38. The van der Waals surface area contributed by atoms with E-state index in [1.807, 2.05) is 0 Å². The summed E-state index contributed by atoms with van der Waals surface area (Å²) in [7, 11) is -0.565. The topological polar surface area (TPSA) is 67.9 Å². The van der Waals surface area contributed by atoms with Gasteiger partial charge in [0.1, 0.15) is 0 Å². The van der Waals surface area contributed by atoms with Crippen molar-refractivity contribution < 1.29 is 17.9 Å². The van der Waals surface area contributed by atoms with E-state index in [4.69, 9.17) is 9.47 Å². The fraction of sp³-hybridized carbons (Fsp3) is 0.647. The first kappa shape index (κ1) is 19.0. The molecular formula is C17H28N2O4S. The number of rotatable bonds is 8. The van der Waals surface area contributed by atoms with Crippen LogP contribution in [0.4, 0.5) is 0 Å². The van der Waals surface area contributed by atoms with Crippen LogP contribution in [0, 0.1) is 6.92 Å². The van der Waals surface area contributed by atoms with Crippen molar-refractivity contribution in [3.8, 4) is 11.5 Å². The van der Waals surface area contributed by atoms with Gasteiger partial charge in [0.15, 0.2) is 11.5 Å². The smallest absolute Gasteiger partial charge is 0.241 e. The van der Waals surface area contributed by atoms with E-state index in [0.29, 0.717) is 23.6 Å². The Labute approximate surface area is 145 Å². The molecule has 2 rings (SSSR count). The fourth-order valence-corrected chi connectivity index (χ4v) is 4.49. The summed E-state index contributed by atoms with van der Waals surface area (Å²) in [6.07, 6.45) is 3.31. The Hall–Kier alpha value is -1.31. The summed E-state index contributed by atoms with van der Waals surface area (Å²) in [6, 6.07) is 3.45. The zero-order chi connectivity index (χ0) is 17.7. The number of sulfonamides is 1. The molecule has 1 N–H and O–H groups in total. The summed E-state index contributed by atoms with van der Waals surface area (Å²) >= 11 is 0. The number of aryl methyl sites for hydroxylation is 1. The minimum absolute atomic E-state index is 0.233. The molecule has 0 aliphatic carbocycles. The van der Waals surface area contributed by atoms with Crippen LogP contribution in [0.5, 0.6) is 11.5 Å². The van der Waals surface area contributed by atoms with Gasteiger partial charge in [-0.3, -0.25) is 4.90 Å². The third kappa shape index (κ3) is 4.20. The van der Waals surface area contributed by atoms with Crippen molar-refractivity contribution in [3.05, 3.63) is 17.7 Å². The minimum atomic E-state index is -3.60. The van der Waals surface area contributed by atoms with Gasteiger partial charge in [0.25, 0.3) is 0 Å². The lowest BCUT2D eigenvalue weighted by molar-refractivity contribution is 0.237. The average Bonchev–Trinajstić information content (AvgIpc) is 3.09. The molecule has 6 nitrogen and oxygen atoms in total. The first-order chi connectivity index (χ1) is 11.4. The van der Waals surface area contributed by atoms with Gasteiger partial charge in [0.2, 0.25) is 10.0 Å². The first-order valence-corrected chi connectivity index (χ1v) is 9.87. The highest BCUT2D eigenvalue weighted by atomic mass is 32.2. The SMILES string of the molecule is CCC(CNS(=O)(=O)c1cc(OC)c(OC)cc1C)N1CCCC1. The van der Waals surface area contributed by atoms with Gasteiger partial charge >= 0.3 is 0 Å². The molecule has 24 heavy (non-hydrogen) atoms. The maximum Gasteiger partial charge on any atom is 0.241 e. The Kier molecular flexibility index (Phi) is 6.48. The summed E-state index contributed by atoms with van der Waals surface area (Å²) in [5.41, 5.74) is 0.634. The highest BCUT2D eigenvalue weighted by molar-refractivity contribution is 7.89. The van der Waals surface area contributed by atoms with Crippen molar-refractivity contribution in [2.75, 3.05) is 33.9 Å². The Bertz CT molecular complexity index is 655. The van der Waals surface area contributed by atoms with E-state index in [2.05, 4.69) is 16.5 Å². The van der Waals surface area contributed by atoms with E-state index in [1.165, 1.54) is 33.1 Å². The van der Waals surface area contributed by atoms with Crippen molar-refractivity contribution in [2.45, 2.75) is 44.0 Å². The lowest BCUT2D eigenvalue weighted by atomic mass is 10.2. The monoisotopic (exact) mass is 356 g/mol. The third-order valence-corrected chi connectivity index (χ3v) is 6.17. The molecule has 0 aromatic heterocycles. The molecular weight excluding hydrogens is 328 g/mol. The second kappa shape index (κ2) is 8.18. The number of methoxy groups -OCH3 is 2. The number of nitrogens with one attached hydrogen (secondary N) is 1. The molecule has 0 bridgehead atoms. The van der Waals surface area contributed by atoms with Crippen LogP contribution in [0.15, 0.2) is 17.0 Å². The van der Waals surface area contributed by atoms with Crippen molar-refractivity contribution in [3.63, 3.8) is 0 Å². The first-order valence-electron chi connectivity index (χ1n) is 8.39.